The molecule has 0 spiro atoms. The quantitative estimate of drug-likeness (QED) is 0.896. The average molecular weight is 315 g/mol. The summed E-state index contributed by atoms with van der Waals surface area (Å²) in [5.41, 5.74) is 2.17. The number of aryl methyl sites for hydroxylation is 2. The largest absolute Gasteiger partial charge is 0.372 e. The second-order valence-electron chi connectivity index (χ2n) is 5.83. The van der Waals surface area contributed by atoms with Crippen molar-refractivity contribution in [1.82, 2.24) is 25.5 Å². The highest BCUT2D eigenvalue weighted by Gasteiger charge is 2.29. The Bertz CT molecular complexity index is 671. The van der Waals surface area contributed by atoms with Gasteiger partial charge >= 0.3 is 0 Å². The average Bonchev–Trinajstić information content (AvgIpc) is 3.07. The van der Waals surface area contributed by atoms with Gasteiger partial charge in [0.1, 0.15) is 11.9 Å². The third kappa shape index (κ3) is 3.56. The van der Waals surface area contributed by atoms with Crippen LogP contribution >= 0.6 is 0 Å². The molecule has 23 heavy (non-hydrogen) atoms. The molecule has 0 bridgehead atoms. The number of amides is 1. The Morgan fingerprint density at radius 3 is 3.09 bits per heavy atom. The van der Waals surface area contributed by atoms with Crippen LogP contribution in [0.3, 0.4) is 0 Å². The molecule has 1 amide bonds. The Hall–Kier alpha value is -2.28. The molecule has 1 aliphatic heterocycles. The third-order valence-electron chi connectivity index (χ3n) is 4.14. The number of nitrogens with zero attached hydrogens (tertiary/aromatic N) is 3. The van der Waals surface area contributed by atoms with E-state index in [1.54, 1.807) is 12.4 Å². The van der Waals surface area contributed by atoms with E-state index in [9.17, 15) is 4.79 Å². The number of aromatic amines is 1. The van der Waals surface area contributed by atoms with Gasteiger partial charge in [-0.1, -0.05) is 0 Å². The second-order valence-corrected chi connectivity index (χ2v) is 5.83. The van der Waals surface area contributed by atoms with Crippen LogP contribution in [0, 0.1) is 19.8 Å². The maximum Gasteiger partial charge on any atom is 0.254 e. The topological polar surface area (TPSA) is 92.8 Å². The first-order valence-electron chi connectivity index (χ1n) is 7.84. The highest BCUT2D eigenvalue weighted by Crippen LogP contribution is 2.32. The number of nitrogens with one attached hydrogen (secondary N) is 2. The van der Waals surface area contributed by atoms with Gasteiger partial charge in [-0.25, -0.2) is 9.97 Å². The first-order valence-corrected chi connectivity index (χ1v) is 7.84. The Balaban J connectivity index is 1.65. The minimum Gasteiger partial charge on any atom is -0.372 e. The van der Waals surface area contributed by atoms with E-state index in [0.29, 0.717) is 23.6 Å². The van der Waals surface area contributed by atoms with Crippen molar-refractivity contribution >= 4 is 5.91 Å². The summed E-state index contributed by atoms with van der Waals surface area (Å²) in [7, 11) is 0. The van der Waals surface area contributed by atoms with Gasteiger partial charge in [0, 0.05) is 31.5 Å². The lowest BCUT2D eigenvalue weighted by Crippen LogP contribution is -2.35. The molecule has 1 fully saturated rings. The minimum atomic E-state index is -0.142. The minimum absolute atomic E-state index is 0.0538. The molecule has 0 saturated carbocycles. The Kier molecular flexibility index (Phi) is 4.66. The second kappa shape index (κ2) is 6.87. The van der Waals surface area contributed by atoms with Crippen molar-refractivity contribution in [2.75, 3.05) is 13.2 Å². The lowest BCUT2D eigenvalue weighted by molar-refractivity contribution is -0.0297. The number of rotatable bonds is 4. The van der Waals surface area contributed by atoms with Crippen LogP contribution in [0.4, 0.5) is 0 Å². The summed E-state index contributed by atoms with van der Waals surface area (Å²) >= 11 is 0. The zero-order valence-corrected chi connectivity index (χ0v) is 13.4. The molecule has 7 nitrogen and oxygen atoms in total. The summed E-state index contributed by atoms with van der Waals surface area (Å²) in [6.45, 7) is 4.92. The summed E-state index contributed by atoms with van der Waals surface area (Å²) in [6.07, 6.45) is 5.25. The number of H-pyrrole nitrogens is 1. The number of carbonyl (C=O) groups is 1. The molecule has 0 aromatic carbocycles. The molecule has 2 aromatic rings. The van der Waals surface area contributed by atoms with Crippen LogP contribution in [0.5, 0.6) is 0 Å². The predicted octanol–water partition coefficient (Wildman–Crippen LogP) is 1.71. The first kappa shape index (κ1) is 15.6. The van der Waals surface area contributed by atoms with E-state index in [0.717, 1.165) is 25.1 Å². The van der Waals surface area contributed by atoms with Crippen LogP contribution in [0.25, 0.3) is 0 Å². The molecule has 1 saturated heterocycles. The SMILES string of the molecule is Cc1ncc(C(=O)NC[C@@H]2CCCO[C@H]2c2ccn[nH]2)c(C)n1. The zero-order valence-electron chi connectivity index (χ0n) is 13.4. The fraction of sp³-hybridized carbons (Fsp3) is 0.500. The molecule has 0 unspecified atom stereocenters. The first-order chi connectivity index (χ1) is 11.1. The van der Waals surface area contributed by atoms with Gasteiger partial charge in [0.15, 0.2) is 0 Å². The fourth-order valence-corrected chi connectivity index (χ4v) is 2.95. The van der Waals surface area contributed by atoms with Gasteiger partial charge in [0.25, 0.3) is 5.91 Å². The summed E-state index contributed by atoms with van der Waals surface area (Å²) in [5.74, 6) is 0.746. The van der Waals surface area contributed by atoms with Crippen LogP contribution in [-0.4, -0.2) is 39.2 Å². The van der Waals surface area contributed by atoms with Gasteiger partial charge in [-0.3, -0.25) is 9.89 Å². The summed E-state index contributed by atoms with van der Waals surface area (Å²) in [5, 5.41) is 9.94. The van der Waals surface area contributed by atoms with Gasteiger partial charge in [-0.15, -0.1) is 0 Å². The zero-order chi connectivity index (χ0) is 16.2. The van der Waals surface area contributed by atoms with Crippen LogP contribution in [0.15, 0.2) is 18.5 Å². The normalized spacial score (nSPS) is 21.1. The van der Waals surface area contributed by atoms with Crippen LogP contribution in [-0.2, 0) is 4.74 Å². The maximum absolute atomic E-state index is 12.4. The highest BCUT2D eigenvalue weighted by atomic mass is 16.5. The highest BCUT2D eigenvalue weighted by molar-refractivity contribution is 5.94. The summed E-state index contributed by atoms with van der Waals surface area (Å²) in [4.78, 5) is 20.7. The van der Waals surface area contributed by atoms with Gasteiger partial charge < -0.3 is 10.1 Å². The van der Waals surface area contributed by atoms with Gasteiger partial charge in [0.05, 0.1) is 17.0 Å². The number of carbonyl (C=O) groups excluding carboxylic acids is 1. The molecule has 0 aliphatic carbocycles. The van der Waals surface area contributed by atoms with Crippen LogP contribution in [0.2, 0.25) is 0 Å². The van der Waals surface area contributed by atoms with E-state index < -0.39 is 0 Å². The fourth-order valence-electron chi connectivity index (χ4n) is 2.95. The monoisotopic (exact) mass is 315 g/mol. The van der Waals surface area contributed by atoms with Crippen LogP contribution in [0.1, 0.15) is 46.5 Å². The van der Waals surface area contributed by atoms with Crippen molar-refractivity contribution in [2.24, 2.45) is 5.92 Å². The van der Waals surface area contributed by atoms with Crippen molar-refractivity contribution in [1.29, 1.82) is 0 Å². The van der Waals surface area contributed by atoms with Gasteiger partial charge in [-0.05, 0) is 32.8 Å². The van der Waals surface area contributed by atoms with E-state index in [-0.39, 0.29) is 17.9 Å². The van der Waals surface area contributed by atoms with Crippen molar-refractivity contribution in [2.45, 2.75) is 32.8 Å². The Morgan fingerprint density at radius 1 is 1.48 bits per heavy atom. The molecular weight excluding hydrogens is 294 g/mol. The lowest BCUT2D eigenvalue weighted by Gasteiger charge is -2.31. The smallest absolute Gasteiger partial charge is 0.254 e. The number of ether oxygens (including phenoxy) is 1. The molecule has 2 atom stereocenters. The van der Waals surface area contributed by atoms with Crippen molar-refractivity contribution in [3.05, 3.63) is 41.2 Å². The number of hydrogen-bond donors (Lipinski definition) is 2. The van der Waals surface area contributed by atoms with E-state index in [1.165, 1.54) is 0 Å². The Labute approximate surface area is 134 Å². The molecule has 2 N–H and O–H groups in total. The number of hydrogen-bond acceptors (Lipinski definition) is 5. The van der Waals surface area contributed by atoms with Crippen molar-refractivity contribution in [3.8, 4) is 0 Å². The van der Waals surface area contributed by atoms with Gasteiger partial charge in [-0.2, -0.15) is 5.10 Å². The van der Waals surface area contributed by atoms with Crippen LogP contribution < -0.4 is 5.32 Å². The standard InChI is InChI=1S/C16H21N5O2/c1-10-13(9-17-11(2)20-10)16(22)18-8-12-4-3-7-23-15(12)14-5-6-19-21-14/h5-6,9,12,15H,3-4,7-8H2,1-2H3,(H,18,22)(H,19,21)/t12-,15+/m0/s1. The molecule has 3 heterocycles. The molecule has 1 aliphatic rings. The van der Waals surface area contributed by atoms with E-state index in [1.807, 2.05) is 19.9 Å². The maximum atomic E-state index is 12.4. The summed E-state index contributed by atoms with van der Waals surface area (Å²) in [6, 6.07) is 1.92. The Morgan fingerprint density at radius 2 is 2.35 bits per heavy atom. The van der Waals surface area contributed by atoms with E-state index >= 15 is 0 Å². The van der Waals surface area contributed by atoms with E-state index in [2.05, 4.69) is 25.5 Å². The molecule has 0 radical (unpaired) electrons. The third-order valence-corrected chi connectivity index (χ3v) is 4.14. The molecule has 122 valence electrons. The van der Waals surface area contributed by atoms with Crippen molar-refractivity contribution in [3.63, 3.8) is 0 Å². The van der Waals surface area contributed by atoms with E-state index in [4.69, 9.17) is 4.74 Å². The molecule has 3 rings (SSSR count). The predicted molar refractivity (Wildman–Crippen MR) is 83.8 cm³/mol. The molecular formula is C16H21N5O2. The number of aromatic nitrogens is 4. The summed E-state index contributed by atoms with van der Waals surface area (Å²) < 4.78 is 5.87. The molecule has 2 aromatic heterocycles. The van der Waals surface area contributed by atoms with Crippen molar-refractivity contribution < 1.29 is 9.53 Å². The molecule has 7 heteroatoms. The van der Waals surface area contributed by atoms with Gasteiger partial charge in [0.2, 0.25) is 0 Å². The lowest BCUT2D eigenvalue weighted by atomic mass is 9.92.